The molecule has 1 aromatic carbocycles. The van der Waals surface area contributed by atoms with Crippen molar-refractivity contribution in [3.63, 3.8) is 0 Å². The molecule has 0 spiro atoms. The first-order valence-corrected chi connectivity index (χ1v) is 7.00. The number of aromatic nitrogens is 1. The molecule has 0 amide bonds. The van der Waals surface area contributed by atoms with Crippen LogP contribution in [0.15, 0.2) is 30.3 Å². The summed E-state index contributed by atoms with van der Waals surface area (Å²) in [5.74, 6) is 0.938. The fraction of sp³-hybridized carbons (Fsp3) is 0.438. The Morgan fingerprint density at radius 2 is 2.05 bits per heavy atom. The van der Waals surface area contributed by atoms with Gasteiger partial charge in [0, 0.05) is 18.0 Å². The fourth-order valence-corrected chi connectivity index (χ4v) is 1.94. The Balaban J connectivity index is 2.39. The van der Waals surface area contributed by atoms with Gasteiger partial charge in [-0.25, -0.2) is 0 Å². The molecule has 1 aromatic heterocycles. The summed E-state index contributed by atoms with van der Waals surface area (Å²) < 4.78 is 6.03. The SMILES string of the molecule is CCNCc1cc(OC(C)CC)c2ccccc2n1. The highest BCUT2D eigenvalue weighted by Crippen LogP contribution is 2.26. The Morgan fingerprint density at radius 1 is 1.26 bits per heavy atom. The lowest BCUT2D eigenvalue weighted by molar-refractivity contribution is 0.220. The molecule has 0 bridgehead atoms. The number of rotatable bonds is 6. The van der Waals surface area contributed by atoms with Gasteiger partial charge in [0.1, 0.15) is 5.75 Å². The molecule has 19 heavy (non-hydrogen) atoms. The molecule has 0 radical (unpaired) electrons. The minimum absolute atomic E-state index is 0.220. The van der Waals surface area contributed by atoms with Crippen LogP contribution in [0, 0.1) is 0 Å². The van der Waals surface area contributed by atoms with Crippen molar-refractivity contribution in [2.75, 3.05) is 6.54 Å². The van der Waals surface area contributed by atoms with E-state index in [4.69, 9.17) is 4.74 Å². The first-order valence-electron chi connectivity index (χ1n) is 7.00. The van der Waals surface area contributed by atoms with Crippen molar-refractivity contribution in [1.29, 1.82) is 0 Å². The summed E-state index contributed by atoms with van der Waals surface area (Å²) in [5, 5.41) is 4.39. The number of hydrogen-bond acceptors (Lipinski definition) is 3. The number of benzene rings is 1. The maximum atomic E-state index is 6.03. The first-order chi connectivity index (χ1) is 9.24. The number of hydrogen-bond donors (Lipinski definition) is 1. The van der Waals surface area contributed by atoms with E-state index in [1.807, 2.05) is 18.2 Å². The van der Waals surface area contributed by atoms with Crippen LogP contribution < -0.4 is 10.1 Å². The lowest BCUT2D eigenvalue weighted by atomic mass is 10.1. The highest BCUT2D eigenvalue weighted by molar-refractivity contribution is 5.85. The normalized spacial score (nSPS) is 12.6. The summed E-state index contributed by atoms with van der Waals surface area (Å²) in [4.78, 5) is 4.66. The van der Waals surface area contributed by atoms with E-state index in [1.165, 1.54) is 0 Å². The number of nitrogens with zero attached hydrogens (tertiary/aromatic N) is 1. The highest BCUT2D eigenvalue weighted by Gasteiger charge is 2.09. The number of fused-ring (bicyclic) bond motifs is 1. The van der Waals surface area contributed by atoms with Crippen molar-refractivity contribution in [2.45, 2.75) is 39.8 Å². The van der Waals surface area contributed by atoms with Gasteiger partial charge in [0.15, 0.2) is 0 Å². The first kappa shape index (κ1) is 13.8. The Labute approximate surface area is 115 Å². The van der Waals surface area contributed by atoms with Crippen LogP contribution in [-0.2, 0) is 6.54 Å². The van der Waals surface area contributed by atoms with Crippen molar-refractivity contribution >= 4 is 10.9 Å². The van der Waals surface area contributed by atoms with Crippen molar-refractivity contribution in [1.82, 2.24) is 10.3 Å². The summed E-state index contributed by atoms with van der Waals surface area (Å²) in [5.41, 5.74) is 2.02. The third kappa shape index (κ3) is 3.44. The second kappa shape index (κ2) is 6.53. The molecular weight excluding hydrogens is 236 g/mol. The zero-order valence-corrected chi connectivity index (χ0v) is 11.9. The molecular formula is C16H22N2O. The van der Waals surface area contributed by atoms with Crippen LogP contribution in [-0.4, -0.2) is 17.6 Å². The van der Waals surface area contributed by atoms with Gasteiger partial charge in [-0.15, -0.1) is 0 Å². The monoisotopic (exact) mass is 258 g/mol. The van der Waals surface area contributed by atoms with Crippen LogP contribution in [0.25, 0.3) is 10.9 Å². The highest BCUT2D eigenvalue weighted by atomic mass is 16.5. The van der Waals surface area contributed by atoms with Crippen molar-refractivity contribution in [2.24, 2.45) is 0 Å². The lowest BCUT2D eigenvalue weighted by Gasteiger charge is -2.15. The van der Waals surface area contributed by atoms with Gasteiger partial charge in [-0.1, -0.05) is 26.0 Å². The average molecular weight is 258 g/mol. The number of ether oxygens (including phenoxy) is 1. The minimum Gasteiger partial charge on any atom is -0.490 e. The van der Waals surface area contributed by atoms with Gasteiger partial charge in [-0.3, -0.25) is 4.98 Å². The third-order valence-electron chi connectivity index (χ3n) is 3.19. The molecule has 2 aromatic rings. The molecule has 3 nitrogen and oxygen atoms in total. The van der Waals surface area contributed by atoms with Crippen molar-refractivity contribution < 1.29 is 4.74 Å². The predicted molar refractivity (Wildman–Crippen MR) is 79.5 cm³/mol. The number of nitrogens with one attached hydrogen (secondary N) is 1. The van der Waals surface area contributed by atoms with E-state index in [2.05, 4.69) is 43.2 Å². The third-order valence-corrected chi connectivity index (χ3v) is 3.19. The molecule has 0 aliphatic heterocycles. The molecule has 0 aliphatic rings. The smallest absolute Gasteiger partial charge is 0.130 e. The Bertz CT molecular complexity index is 539. The van der Waals surface area contributed by atoms with E-state index in [0.29, 0.717) is 0 Å². The van der Waals surface area contributed by atoms with Crippen LogP contribution in [0.3, 0.4) is 0 Å². The maximum absolute atomic E-state index is 6.03. The van der Waals surface area contributed by atoms with E-state index in [1.54, 1.807) is 0 Å². The molecule has 0 aliphatic carbocycles. The molecule has 3 heteroatoms. The molecule has 102 valence electrons. The van der Waals surface area contributed by atoms with Crippen LogP contribution in [0.4, 0.5) is 0 Å². The Morgan fingerprint density at radius 3 is 2.79 bits per heavy atom. The molecule has 1 N–H and O–H groups in total. The van der Waals surface area contributed by atoms with Gasteiger partial charge in [-0.2, -0.15) is 0 Å². The van der Waals surface area contributed by atoms with Crippen LogP contribution >= 0.6 is 0 Å². The topological polar surface area (TPSA) is 34.1 Å². The van der Waals surface area contributed by atoms with E-state index in [9.17, 15) is 0 Å². The molecule has 1 atom stereocenters. The molecule has 1 unspecified atom stereocenters. The van der Waals surface area contributed by atoms with Crippen LogP contribution in [0.2, 0.25) is 0 Å². The zero-order chi connectivity index (χ0) is 13.7. The quantitative estimate of drug-likeness (QED) is 0.860. The van der Waals surface area contributed by atoms with Gasteiger partial charge in [0.05, 0.1) is 17.3 Å². The van der Waals surface area contributed by atoms with E-state index in [-0.39, 0.29) is 6.10 Å². The van der Waals surface area contributed by atoms with Gasteiger partial charge >= 0.3 is 0 Å². The summed E-state index contributed by atoms with van der Waals surface area (Å²) >= 11 is 0. The minimum atomic E-state index is 0.220. The Hall–Kier alpha value is -1.61. The van der Waals surface area contributed by atoms with E-state index >= 15 is 0 Å². The van der Waals surface area contributed by atoms with Gasteiger partial charge in [0.2, 0.25) is 0 Å². The van der Waals surface area contributed by atoms with Crippen molar-refractivity contribution in [3.05, 3.63) is 36.0 Å². The largest absolute Gasteiger partial charge is 0.490 e. The summed E-state index contributed by atoms with van der Waals surface area (Å²) in [6.07, 6.45) is 1.22. The average Bonchev–Trinajstić information content (AvgIpc) is 2.45. The predicted octanol–water partition coefficient (Wildman–Crippen LogP) is 3.52. The number of para-hydroxylation sites is 1. The molecule has 0 saturated carbocycles. The summed E-state index contributed by atoms with van der Waals surface area (Å²) in [7, 11) is 0. The zero-order valence-electron chi connectivity index (χ0n) is 11.9. The number of pyridine rings is 1. The molecule has 2 rings (SSSR count). The molecule has 0 fully saturated rings. The van der Waals surface area contributed by atoms with E-state index < -0.39 is 0 Å². The lowest BCUT2D eigenvalue weighted by Crippen LogP contribution is -2.14. The second-order valence-electron chi connectivity index (χ2n) is 4.75. The fourth-order valence-electron chi connectivity index (χ4n) is 1.94. The molecule has 1 heterocycles. The molecule has 0 saturated heterocycles. The summed E-state index contributed by atoms with van der Waals surface area (Å²) in [6.45, 7) is 8.04. The second-order valence-corrected chi connectivity index (χ2v) is 4.75. The standard InChI is InChI=1S/C16H22N2O/c1-4-12(3)19-16-10-13(11-17-5-2)18-15-9-7-6-8-14(15)16/h6-10,12,17H,4-5,11H2,1-3H3. The van der Waals surface area contributed by atoms with E-state index in [0.717, 1.165) is 41.9 Å². The van der Waals surface area contributed by atoms with Gasteiger partial charge in [0.25, 0.3) is 0 Å². The summed E-state index contributed by atoms with van der Waals surface area (Å²) in [6, 6.07) is 10.2. The van der Waals surface area contributed by atoms with Crippen LogP contribution in [0.1, 0.15) is 32.9 Å². The van der Waals surface area contributed by atoms with Gasteiger partial charge < -0.3 is 10.1 Å². The van der Waals surface area contributed by atoms with Crippen molar-refractivity contribution in [3.8, 4) is 5.75 Å². The van der Waals surface area contributed by atoms with Gasteiger partial charge in [-0.05, 0) is 32.0 Å². The van der Waals surface area contributed by atoms with Crippen LogP contribution in [0.5, 0.6) is 5.75 Å². The Kier molecular flexibility index (Phi) is 4.74. The maximum Gasteiger partial charge on any atom is 0.130 e.